The Morgan fingerprint density at radius 2 is 1.72 bits per heavy atom. The van der Waals surface area contributed by atoms with E-state index in [1.807, 2.05) is 0 Å². The number of ether oxygens (including phenoxy) is 1. The second kappa shape index (κ2) is 7.53. The lowest BCUT2D eigenvalue weighted by Gasteiger charge is -2.23. The molecule has 7 heteroatoms. The fourth-order valence-electron chi connectivity index (χ4n) is 1.98. The highest BCUT2D eigenvalue weighted by atomic mass is 35.5. The van der Waals surface area contributed by atoms with Gasteiger partial charge in [-0.3, -0.25) is 9.59 Å². The molecule has 0 fully saturated rings. The molecule has 2 aromatic rings. The van der Waals surface area contributed by atoms with Crippen molar-refractivity contribution < 1.29 is 18.7 Å². The van der Waals surface area contributed by atoms with Gasteiger partial charge in [-0.05, 0) is 44.2 Å². The third-order valence-electron chi connectivity index (χ3n) is 3.67. The molecule has 2 aromatic carbocycles. The molecule has 0 radical (unpaired) electrons. The molecule has 0 saturated carbocycles. The number of carbonyl (C=O) groups excluding carboxylic acids is 2. The summed E-state index contributed by atoms with van der Waals surface area (Å²) in [4.78, 5) is 24.9. The Hall–Kier alpha value is -2.60. The Morgan fingerprint density at radius 3 is 2.32 bits per heavy atom. The highest BCUT2D eigenvalue weighted by Gasteiger charge is 2.36. The van der Waals surface area contributed by atoms with Crippen LogP contribution in [-0.2, 0) is 9.59 Å². The summed E-state index contributed by atoms with van der Waals surface area (Å²) in [6, 6.07) is 10.5. The number of rotatable bonds is 5. The topological polar surface area (TPSA) is 67.4 Å². The SMILES string of the molecule is COc1ccc(NC(=O)C(C)(C)C(=O)Nc2ccccc2F)cc1Cl. The summed E-state index contributed by atoms with van der Waals surface area (Å²) < 4.78 is 18.7. The first-order valence-electron chi connectivity index (χ1n) is 7.46. The lowest BCUT2D eigenvalue weighted by atomic mass is 9.90. The lowest BCUT2D eigenvalue weighted by molar-refractivity contribution is -0.135. The quantitative estimate of drug-likeness (QED) is 0.785. The van der Waals surface area contributed by atoms with Crippen LogP contribution < -0.4 is 15.4 Å². The zero-order valence-corrected chi connectivity index (χ0v) is 14.8. The first-order chi connectivity index (χ1) is 11.8. The van der Waals surface area contributed by atoms with E-state index in [1.165, 1.54) is 45.2 Å². The monoisotopic (exact) mass is 364 g/mol. The number of carbonyl (C=O) groups is 2. The summed E-state index contributed by atoms with van der Waals surface area (Å²) in [6.45, 7) is 2.90. The molecule has 5 nitrogen and oxygen atoms in total. The van der Waals surface area contributed by atoms with Gasteiger partial charge < -0.3 is 15.4 Å². The number of nitrogens with one attached hydrogen (secondary N) is 2. The largest absolute Gasteiger partial charge is 0.495 e. The van der Waals surface area contributed by atoms with Crippen LogP contribution in [0.1, 0.15) is 13.8 Å². The summed E-state index contributed by atoms with van der Waals surface area (Å²) in [7, 11) is 1.48. The standard InChI is InChI=1S/C18H18ClFN2O3/c1-18(2,17(24)22-14-7-5-4-6-13(14)20)16(23)21-11-8-9-15(25-3)12(19)10-11/h4-10H,1-3H3,(H,21,23)(H,22,24). The number of amides is 2. The summed E-state index contributed by atoms with van der Waals surface area (Å²) >= 11 is 6.02. The molecule has 0 heterocycles. The van der Waals surface area contributed by atoms with E-state index >= 15 is 0 Å². The van der Waals surface area contributed by atoms with E-state index in [0.29, 0.717) is 16.5 Å². The van der Waals surface area contributed by atoms with E-state index in [9.17, 15) is 14.0 Å². The van der Waals surface area contributed by atoms with E-state index in [0.717, 1.165) is 0 Å². The highest BCUT2D eigenvalue weighted by molar-refractivity contribution is 6.32. The van der Waals surface area contributed by atoms with Gasteiger partial charge in [0, 0.05) is 5.69 Å². The minimum Gasteiger partial charge on any atom is -0.495 e. The van der Waals surface area contributed by atoms with Crippen molar-refractivity contribution in [2.75, 3.05) is 17.7 Å². The molecule has 0 atom stereocenters. The van der Waals surface area contributed by atoms with Crippen molar-refractivity contribution in [2.45, 2.75) is 13.8 Å². The number of para-hydroxylation sites is 1. The van der Waals surface area contributed by atoms with Crippen LogP contribution in [0.2, 0.25) is 5.02 Å². The van der Waals surface area contributed by atoms with Crippen LogP contribution in [0.3, 0.4) is 0 Å². The first-order valence-corrected chi connectivity index (χ1v) is 7.84. The van der Waals surface area contributed by atoms with Gasteiger partial charge in [0.2, 0.25) is 11.8 Å². The number of hydrogen-bond acceptors (Lipinski definition) is 3. The number of halogens is 2. The molecule has 0 bridgehead atoms. The number of benzene rings is 2. The third-order valence-corrected chi connectivity index (χ3v) is 3.96. The predicted octanol–water partition coefficient (Wildman–Crippen LogP) is 4.09. The summed E-state index contributed by atoms with van der Waals surface area (Å²) in [5.74, 6) is -1.29. The molecule has 0 spiro atoms. The van der Waals surface area contributed by atoms with Gasteiger partial charge in [0.25, 0.3) is 0 Å². The van der Waals surface area contributed by atoms with E-state index in [2.05, 4.69) is 10.6 Å². The Balaban J connectivity index is 2.12. The van der Waals surface area contributed by atoms with Crippen LogP contribution in [0.5, 0.6) is 5.75 Å². The molecule has 0 saturated heterocycles. The number of anilines is 2. The van der Waals surface area contributed by atoms with Gasteiger partial charge >= 0.3 is 0 Å². The molecule has 2 rings (SSSR count). The van der Waals surface area contributed by atoms with Gasteiger partial charge in [0.1, 0.15) is 17.0 Å². The number of hydrogen-bond donors (Lipinski definition) is 2. The predicted molar refractivity (Wildman–Crippen MR) is 95.4 cm³/mol. The average Bonchev–Trinajstić information content (AvgIpc) is 2.57. The van der Waals surface area contributed by atoms with E-state index in [1.54, 1.807) is 18.2 Å². The maximum Gasteiger partial charge on any atom is 0.239 e. The fraction of sp³-hybridized carbons (Fsp3) is 0.222. The fourth-order valence-corrected chi connectivity index (χ4v) is 2.23. The molecule has 2 amide bonds. The minimum absolute atomic E-state index is 0.0147. The molecule has 2 N–H and O–H groups in total. The molecule has 0 aliphatic carbocycles. The Labute approximate surface area is 150 Å². The van der Waals surface area contributed by atoms with Crippen molar-refractivity contribution in [1.82, 2.24) is 0 Å². The van der Waals surface area contributed by atoms with Gasteiger partial charge in [0.05, 0.1) is 17.8 Å². The second-order valence-electron chi connectivity index (χ2n) is 5.86. The van der Waals surface area contributed by atoms with Gasteiger partial charge in [-0.15, -0.1) is 0 Å². The minimum atomic E-state index is -1.44. The molecule has 0 aliphatic rings. The zero-order chi connectivity index (χ0) is 18.6. The van der Waals surface area contributed by atoms with Crippen molar-refractivity contribution in [1.29, 1.82) is 0 Å². The summed E-state index contributed by atoms with van der Waals surface area (Å²) in [5, 5.41) is 5.38. The maximum atomic E-state index is 13.7. The third kappa shape index (κ3) is 4.28. The van der Waals surface area contributed by atoms with Crippen molar-refractivity contribution in [3.8, 4) is 5.75 Å². The van der Waals surface area contributed by atoms with Crippen LogP contribution in [0.25, 0.3) is 0 Å². The summed E-state index contributed by atoms with van der Waals surface area (Å²) in [5.41, 5.74) is -1.00. The van der Waals surface area contributed by atoms with Crippen LogP contribution >= 0.6 is 11.6 Å². The molecular weight excluding hydrogens is 347 g/mol. The van der Waals surface area contributed by atoms with Crippen LogP contribution in [-0.4, -0.2) is 18.9 Å². The van der Waals surface area contributed by atoms with Crippen molar-refractivity contribution in [2.24, 2.45) is 5.41 Å². The van der Waals surface area contributed by atoms with Crippen LogP contribution in [0.4, 0.5) is 15.8 Å². The van der Waals surface area contributed by atoms with Crippen molar-refractivity contribution in [3.63, 3.8) is 0 Å². The van der Waals surface area contributed by atoms with Gasteiger partial charge in [-0.25, -0.2) is 4.39 Å². The Kier molecular flexibility index (Phi) is 5.64. The van der Waals surface area contributed by atoms with E-state index in [-0.39, 0.29) is 5.69 Å². The Bertz CT molecular complexity index is 809. The molecule has 0 aliphatic heterocycles. The van der Waals surface area contributed by atoms with Crippen LogP contribution in [0, 0.1) is 11.2 Å². The maximum absolute atomic E-state index is 13.7. The van der Waals surface area contributed by atoms with Gasteiger partial charge in [-0.1, -0.05) is 23.7 Å². The van der Waals surface area contributed by atoms with Gasteiger partial charge in [-0.2, -0.15) is 0 Å². The molecule has 0 aromatic heterocycles. The average molecular weight is 365 g/mol. The first kappa shape index (κ1) is 18.7. The normalized spacial score (nSPS) is 10.9. The molecular formula is C18H18ClFN2O3. The van der Waals surface area contributed by atoms with E-state index < -0.39 is 23.0 Å². The highest BCUT2D eigenvalue weighted by Crippen LogP contribution is 2.29. The van der Waals surface area contributed by atoms with Crippen molar-refractivity contribution >= 4 is 34.8 Å². The van der Waals surface area contributed by atoms with Crippen LogP contribution in [0.15, 0.2) is 42.5 Å². The Morgan fingerprint density at radius 1 is 1.08 bits per heavy atom. The smallest absolute Gasteiger partial charge is 0.239 e. The molecule has 0 unspecified atom stereocenters. The summed E-state index contributed by atoms with van der Waals surface area (Å²) in [6.07, 6.45) is 0. The van der Waals surface area contributed by atoms with Gasteiger partial charge in [0.15, 0.2) is 0 Å². The molecule has 25 heavy (non-hydrogen) atoms. The number of methoxy groups -OCH3 is 1. The second-order valence-corrected chi connectivity index (χ2v) is 6.27. The zero-order valence-electron chi connectivity index (χ0n) is 14.0. The van der Waals surface area contributed by atoms with E-state index in [4.69, 9.17) is 16.3 Å². The molecule has 132 valence electrons. The van der Waals surface area contributed by atoms with Crippen molar-refractivity contribution in [3.05, 3.63) is 53.3 Å². The lowest BCUT2D eigenvalue weighted by Crippen LogP contribution is -2.41.